The van der Waals surface area contributed by atoms with Gasteiger partial charge in [-0.05, 0) is 50.6 Å². The van der Waals surface area contributed by atoms with Crippen LogP contribution in [-0.4, -0.2) is 12.9 Å². The molecule has 2 rings (SSSR count). The zero-order chi connectivity index (χ0) is 14.0. The van der Waals surface area contributed by atoms with Gasteiger partial charge >= 0.3 is 0 Å². The Morgan fingerprint density at radius 3 is 2.11 bits per heavy atom. The molecule has 0 aliphatic heterocycles. The van der Waals surface area contributed by atoms with Crippen LogP contribution in [0.1, 0.15) is 32.6 Å². The van der Waals surface area contributed by atoms with E-state index in [1.54, 1.807) is 7.11 Å². The second-order valence-electron chi connectivity index (χ2n) is 4.91. The number of ketones is 1. The number of hydrogen-bond donors (Lipinski definition) is 0. The van der Waals surface area contributed by atoms with Crippen LogP contribution in [0.5, 0.6) is 5.75 Å². The molecular weight excluding hydrogens is 236 g/mol. The summed E-state index contributed by atoms with van der Waals surface area (Å²) in [4.78, 5) is 12.6. The number of ether oxygens (including phenoxy) is 1. The van der Waals surface area contributed by atoms with E-state index in [1.807, 2.05) is 51.1 Å². The van der Waals surface area contributed by atoms with Gasteiger partial charge in [-0.1, -0.05) is 23.3 Å². The monoisotopic (exact) mass is 254 g/mol. The molecule has 2 heteroatoms. The lowest BCUT2D eigenvalue weighted by atomic mass is 9.98. The van der Waals surface area contributed by atoms with Gasteiger partial charge in [-0.25, -0.2) is 0 Å². The summed E-state index contributed by atoms with van der Waals surface area (Å²) in [6.07, 6.45) is 0. The Hall–Kier alpha value is -2.09. The quantitative estimate of drug-likeness (QED) is 0.778. The smallest absolute Gasteiger partial charge is 0.196 e. The summed E-state index contributed by atoms with van der Waals surface area (Å²) >= 11 is 0. The van der Waals surface area contributed by atoms with E-state index in [0.717, 1.165) is 16.7 Å². The van der Waals surface area contributed by atoms with Crippen molar-refractivity contribution in [1.82, 2.24) is 0 Å². The first-order valence-electron chi connectivity index (χ1n) is 6.29. The Bertz CT molecular complexity index is 607. The number of methoxy groups -OCH3 is 1. The fourth-order valence-electron chi connectivity index (χ4n) is 2.25. The zero-order valence-corrected chi connectivity index (χ0v) is 11.8. The highest BCUT2D eigenvalue weighted by molar-refractivity contribution is 6.11. The van der Waals surface area contributed by atoms with Gasteiger partial charge in [0, 0.05) is 5.56 Å². The van der Waals surface area contributed by atoms with E-state index < -0.39 is 0 Å². The Kier molecular flexibility index (Phi) is 3.70. The maximum absolute atomic E-state index is 12.6. The molecule has 0 aliphatic carbocycles. The molecule has 0 radical (unpaired) electrons. The molecule has 0 fully saturated rings. The zero-order valence-electron chi connectivity index (χ0n) is 11.8. The molecular formula is C17H18O2. The summed E-state index contributed by atoms with van der Waals surface area (Å²) in [5.41, 5.74) is 4.58. The maximum Gasteiger partial charge on any atom is 0.196 e. The molecule has 0 saturated carbocycles. The number of carbonyl (C=O) groups is 1. The van der Waals surface area contributed by atoms with Crippen molar-refractivity contribution in [1.29, 1.82) is 0 Å². The fraction of sp³-hybridized carbons (Fsp3) is 0.235. The molecule has 19 heavy (non-hydrogen) atoms. The Labute approximate surface area is 114 Å². The molecule has 0 atom stereocenters. The van der Waals surface area contributed by atoms with Crippen molar-refractivity contribution in [2.45, 2.75) is 20.8 Å². The normalized spacial score (nSPS) is 10.3. The van der Waals surface area contributed by atoms with Gasteiger partial charge in [0.1, 0.15) is 5.75 Å². The number of rotatable bonds is 3. The fourth-order valence-corrected chi connectivity index (χ4v) is 2.25. The Balaban J connectivity index is 2.49. The van der Waals surface area contributed by atoms with Crippen LogP contribution in [0.25, 0.3) is 0 Å². The second-order valence-corrected chi connectivity index (χ2v) is 4.91. The number of aryl methyl sites for hydroxylation is 3. The van der Waals surface area contributed by atoms with E-state index >= 15 is 0 Å². The molecule has 0 N–H and O–H groups in total. The molecule has 2 nitrogen and oxygen atoms in total. The van der Waals surface area contributed by atoms with E-state index in [9.17, 15) is 4.79 Å². The SMILES string of the molecule is COc1cc(C)ccc1C(=O)c1cc(C)cc(C)c1. The van der Waals surface area contributed by atoms with Crippen molar-refractivity contribution in [2.75, 3.05) is 7.11 Å². The summed E-state index contributed by atoms with van der Waals surface area (Å²) in [5.74, 6) is 0.632. The summed E-state index contributed by atoms with van der Waals surface area (Å²) in [7, 11) is 1.59. The minimum absolute atomic E-state index is 0.00338. The molecule has 0 aromatic heterocycles. The summed E-state index contributed by atoms with van der Waals surface area (Å²) in [6.45, 7) is 5.97. The average molecular weight is 254 g/mol. The summed E-state index contributed by atoms with van der Waals surface area (Å²) < 4.78 is 5.31. The van der Waals surface area contributed by atoms with Gasteiger partial charge in [0.15, 0.2) is 5.78 Å². The molecule has 0 saturated heterocycles. The second kappa shape index (κ2) is 5.27. The van der Waals surface area contributed by atoms with Crippen molar-refractivity contribution in [3.63, 3.8) is 0 Å². The minimum atomic E-state index is 0.00338. The predicted molar refractivity (Wildman–Crippen MR) is 77.1 cm³/mol. The highest BCUT2D eigenvalue weighted by Crippen LogP contribution is 2.23. The molecule has 2 aromatic carbocycles. The third-order valence-corrected chi connectivity index (χ3v) is 3.09. The standard InChI is InChI=1S/C17H18O2/c1-11-5-6-15(16(10-11)19-4)17(18)14-8-12(2)7-13(3)9-14/h5-10H,1-4H3. The van der Waals surface area contributed by atoms with E-state index in [0.29, 0.717) is 16.9 Å². The van der Waals surface area contributed by atoms with Crippen molar-refractivity contribution in [3.8, 4) is 5.75 Å². The van der Waals surface area contributed by atoms with Gasteiger partial charge in [0.05, 0.1) is 12.7 Å². The average Bonchev–Trinajstić information content (AvgIpc) is 2.36. The molecule has 98 valence electrons. The van der Waals surface area contributed by atoms with Crippen LogP contribution in [-0.2, 0) is 0 Å². The van der Waals surface area contributed by atoms with Crippen molar-refractivity contribution < 1.29 is 9.53 Å². The van der Waals surface area contributed by atoms with Crippen LogP contribution in [0, 0.1) is 20.8 Å². The highest BCUT2D eigenvalue weighted by atomic mass is 16.5. The van der Waals surface area contributed by atoms with E-state index in [2.05, 4.69) is 6.07 Å². The summed E-state index contributed by atoms with van der Waals surface area (Å²) in [5, 5.41) is 0. The van der Waals surface area contributed by atoms with Gasteiger partial charge in [0.25, 0.3) is 0 Å². The van der Waals surface area contributed by atoms with E-state index in [-0.39, 0.29) is 5.78 Å². The molecule has 0 bridgehead atoms. The van der Waals surface area contributed by atoms with Gasteiger partial charge in [-0.3, -0.25) is 4.79 Å². The number of hydrogen-bond acceptors (Lipinski definition) is 2. The highest BCUT2D eigenvalue weighted by Gasteiger charge is 2.15. The Morgan fingerprint density at radius 2 is 1.53 bits per heavy atom. The van der Waals surface area contributed by atoms with E-state index in [1.165, 1.54) is 0 Å². The van der Waals surface area contributed by atoms with Crippen molar-refractivity contribution >= 4 is 5.78 Å². The topological polar surface area (TPSA) is 26.3 Å². The van der Waals surface area contributed by atoms with Gasteiger partial charge in [-0.15, -0.1) is 0 Å². The molecule has 0 aliphatic rings. The number of carbonyl (C=O) groups excluding carboxylic acids is 1. The van der Waals surface area contributed by atoms with Gasteiger partial charge < -0.3 is 4.74 Å². The summed E-state index contributed by atoms with van der Waals surface area (Å²) in [6, 6.07) is 11.5. The maximum atomic E-state index is 12.6. The van der Waals surface area contributed by atoms with Crippen LogP contribution >= 0.6 is 0 Å². The Morgan fingerprint density at radius 1 is 0.895 bits per heavy atom. The third kappa shape index (κ3) is 2.84. The molecule has 0 spiro atoms. The molecule has 0 amide bonds. The lowest BCUT2D eigenvalue weighted by Crippen LogP contribution is -2.05. The molecule has 0 unspecified atom stereocenters. The van der Waals surface area contributed by atoms with Gasteiger partial charge in [-0.2, -0.15) is 0 Å². The van der Waals surface area contributed by atoms with Gasteiger partial charge in [0.2, 0.25) is 0 Å². The molecule has 2 aromatic rings. The first kappa shape index (κ1) is 13.3. The van der Waals surface area contributed by atoms with E-state index in [4.69, 9.17) is 4.74 Å². The first-order valence-corrected chi connectivity index (χ1v) is 6.29. The van der Waals surface area contributed by atoms with Crippen LogP contribution in [0.15, 0.2) is 36.4 Å². The van der Waals surface area contributed by atoms with Crippen LogP contribution in [0.4, 0.5) is 0 Å². The lowest BCUT2D eigenvalue weighted by molar-refractivity contribution is 0.103. The van der Waals surface area contributed by atoms with Crippen molar-refractivity contribution in [3.05, 3.63) is 64.2 Å². The minimum Gasteiger partial charge on any atom is -0.496 e. The number of benzene rings is 2. The van der Waals surface area contributed by atoms with Crippen LogP contribution in [0.2, 0.25) is 0 Å². The van der Waals surface area contributed by atoms with Crippen LogP contribution in [0.3, 0.4) is 0 Å². The predicted octanol–water partition coefficient (Wildman–Crippen LogP) is 3.85. The largest absolute Gasteiger partial charge is 0.496 e. The molecule has 0 heterocycles. The third-order valence-electron chi connectivity index (χ3n) is 3.09. The first-order chi connectivity index (χ1) is 9.01. The van der Waals surface area contributed by atoms with Crippen LogP contribution < -0.4 is 4.74 Å². The van der Waals surface area contributed by atoms with Crippen molar-refractivity contribution in [2.24, 2.45) is 0 Å². The lowest BCUT2D eigenvalue weighted by Gasteiger charge is -2.09.